The van der Waals surface area contributed by atoms with E-state index in [1.807, 2.05) is 0 Å². The molecule has 0 bridgehead atoms. The number of ether oxygens (including phenoxy) is 2. The average Bonchev–Trinajstić information content (AvgIpc) is 3.73. The molecule has 44 heavy (non-hydrogen) atoms. The van der Waals surface area contributed by atoms with Gasteiger partial charge in [-0.2, -0.15) is 0 Å². The lowest BCUT2D eigenvalue weighted by molar-refractivity contribution is -0.0577. The lowest BCUT2D eigenvalue weighted by Crippen LogP contribution is -2.38. The maximum absolute atomic E-state index is 13.4. The van der Waals surface area contributed by atoms with Crippen molar-refractivity contribution in [1.82, 2.24) is 39.0 Å². The summed E-state index contributed by atoms with van der Waals surface area (Å²) in [5.41, 5.74) is 12.8. The number of aliphatic hydroxyl groups is 2. The molecule has 7 N–H and O–H groups in total. The van der Waals surface area contributed by atoms with Crippen molar-refractivity contribution in [2.45, 2.75) is 49.1 Å². The van der Waals surface area contributed by atoms with Crippen molar-refractivity contribution < 1.29 is 47.2 Å². The van der Waals surface area contributed by atoms with Gasteiger partial charge in [-0.15, -0.1) is 0 Å². The smallest absolute Gasteiger partial charge is 0.386 e. The minimum atomic E-state index is -4.26. The summed E-state index contributed by atoms with van der Waals surface area (Å²) in [4.78, 5) is 35.4. The predicted molar refractivity (Wildman–Crippen MR) is 154 cm³/mol. The first-order valence-corrected chi connectivity index (χ1v) is 18.1. The molecule has 3 aliphatic heterocycles. The first-order chi connectivity index (χ1) is 20.9. The summed E-state index contributed by atoms with van der Waals surface area (Å²) in [6.07, 6.45) is -5.32. The molecule has 0 aliphatic carbocycles. The third kappa shape index (κ3) is 5.28. The molecule has 10 unspecified atom stereocenters. The molecule has 0 spiro atoms. The van der Waals surface area contributed by atoms with Gasteiger partial charge in [-0.05, 0) is 11.8 Å². The largest absolute Gasteiger partial charge is 0.386 e. The van der Waals surface area contributed by atoms with Crippen LogP contribution in [0.1, 0.15) is 12.5 Å². The summed E-state index contributed by atoms with van der Waals surface area (Å²) in [5.74, 6) is 0.213. The lowest BCUT2D eigenvalue weighted by atomic mass is 10.1. The Morgan fingerprint density at radius 3 is 1.82 bits per heavy atom. The molecular formula is C20H24N10O10P2S2. The molecule has 24 heteroatoms. The number of nitrogens with two attached hydrogens (primary N) is 2. The molecule has 0 aromatic carbocycles. The van der Waals surface area contributed by atoms with E-state index in [0.29, 0.717) is 0 Å². The Kier molecular flexibility index (Phi) is 7.64. The van der Waals surface area contributed by atoms with E-state index in [1.54, 1.807) is 0 Å². The van der Waals surface area contributed by atoms with E-state index in [4.69, 9.17) is 50.8 Å². The van der Waals surface area contributed by atoms with Crippen molar-refractivity contribution in [3.05, 3.63) is 25.3 Å². The zero-order valence-corrected chi connectivity index (χ0v) is 25.5. The van der Waals surface area contributed by atoms with Crippen LogP contribution in [0.5, 0.6) is 0 Å². The summed E-state index contributed by atoms with van der Waals surface area (Å²) in [5, 5.41) is 22.5. The number of hydrogen-bond acceptors (Lipinski definition) is 18. The molecule has 7 rings (SSSR count). The Morgan fingerprint density at radius 2 is 1.30 bits per heavy atom. The molecule has 20 nitrogen and oxygen atoms in total. The van der Waals surface area contributed by atoms with Gasteiger partial charge in [0, 0.05) is 0 Å². The topological polar surface area (TPSA) is 272 Å². The number of nitrogens with zero attached hydrogens (tertiary/aromatic N) is 8. The maximum Gasteiger partial charge on any atom is 0.386 e. The van der Waals surface area contributed by atoms with Gasteiger partial charge in [0.2, 0.25) is 0 Å². The molecule has 10 atom stereocenters. The Bertz CT molecular complexity index is 1700. The fraction of sp³-hybridized carbons (Fsp3) is 0.500. The summed E-state index contributed by atoms with van der Waals surface area (Å²) in [6.45, 7) is -9.39. The van der Waals surface area contributed by atoms with Crippen LogP contribution in [-0.4, -0.2) is 104 Å². The Hall–Kier alpha value is -2.43. The number of hydrogen-bond donors (Lipinski definition) is 6. The molecule has 7 heterocycles. The van der Waals surface area contributed by atoms with Crippen LogP contribution in [0.15, 0.2) is 25.3 Å². The van der Waals surface area contributed by atoms with E-state index in [2.05, 4.69) is 42.2 Å². The molecule has 0 saturated carbocycles. The van der Waals surface area contributed by atoms with Crippen LogP contribution in [0.2, 0.25) is 0 Å². The van der Waals surface area contributed by atoms with Gasteiger partial charge in [0.05, 0.1) is 25.9 Å². The number of rotatable bonds is 2. The van der Waals surface area contributed by atoms with E-state index in [9.17, 15) is 19.7 Å². The second-order valence-corrected chi connectivity index (χ2v) is 15.6. The fourth-order valence-corrected chi connectivity index (χ4v) is 8.18. The minimum Gasteiger partial charge on any atom is -0.386 e. The highest BCUT2D eigenvalue weighted by Gasteiger charge is 2.53. The van der Waals surface area contributed by atoms with Crippen molar-refractivity contribution >= 4 is 71.5 Å². The fourth-order valence-electron chi connectivity index (χ4n) is 5.24. The van der Waals surface area contributed by atoms with Gasteiger partial charge in [-0.25, -0.2) is 34.5 Å². The number of aliphatic hydroxyl groups excluding tert-OH is 2. The Balaban J connectivity index is 1.17. The van der Waals surface area contributed by atoms with Gasteiger partial charge in [0.25, 0.3) is 0 Å². The normalized spacial score (nSPS) is 38.3. The van der Waals surface area contributed by atoms with Gasteiger partial charge >= 0.3 is 13.5 Å². The molecule has 3 aliphatic rings. The first-order valence-electron chi connectivity index (χ1n) is 12.8. The van der Waals surface area contributed by atoms with E-state index in [-0.39, 0.29) is 34.0 Å². The number of aromatic nitrogens is 8. The van der Waals surface area contributed by atoms with Gasteiger partial charge in [0.15, 0.2) is 35.4 Å². The monoisotopic (exact) mass is 690 g/mol. The number of fused-ring (bicyclic) bond motifs is 4. The van der Waals surface area contributed by atoms with Crippen molar-refractivity contribution in [1.29, 1.82) is 0 Å². The third-order valence-corrected chi connectivity index (χ3v) is 10.4. The third-order valence-electron chi connectivity index (χ3n) is 7.26. The van der Waals surface area contributed by atoms with Crippen LogP contribution < -0.4 is 11.5 Å². The highest BCUT2D eigenvalue weighted by Crippen LogP contribution is 2.58. The molecule has 0 amide bonds. The highest BCUT2D eigenvalue weighted by molar-refractivity contribution is 8.44. The summed E-state index contributed by atoms with van der Waals surface area (Å²) < 4.78 is 50.6. The standard InChI is InChI=1S/C20H24N10O10P2S2/c21-15-9-17(25-3-23-15)29(5-27-9)19-11(31)13-7(37-19)1-35-41(33,43)40-14-8(2-36-42(34,44)39-13)38-20(12(14)32)30-6-28-10-16(22)24-4-26-18(10)30/h3-8,11-14,19-20,31-32H,1-2H2,(H,33,43)(H,34,44)(H2,21,23,25)(H2,22,24,26). The van der Waals surface area contributed by atoms with E-state index in [0.717, 1.165) is 0 Å². The van der Waals surface area contributed by atoms with Gasteiger partial charge < -0.3 is 40.6 Å². The molecule has 3 fully saturated rings. The number of thiol groups is 1. The van der Waals surface area contributed by atoms with E-state index < -0.39 is 75.8 Å². The molecule has 0 radical (unpaired) electrons. The van der Waals surface area contributed by atoms with Crippen molar-refractivity contribution in [3.63, 3.8) is 0 Å². The second-order valence-electron chi connectivity index (χ2n) is 9.95. The molecule has 236 valence electrons. The molecule has 4 aromatic heterocycles. The van der Waals surface area contributed by atoms with Crippen molar-refractivity contribution in [2.75, 3.05) is 24.7 Å². The van der Waals surface area contributed by atoms with E-state index >= 15 is 0 Å². The quantitative estimate of drug-likeness (QED) is 0.113. The number of imidazole rings is 2. The minimum absolute atomic E-state index is 0.106. The zero-order valence-electron chi connectivity index (χ0n) is 22.0. The number of anilines is 2. The maximum atomic E-state index is 13.4. The van der Waals surface area contributed by atoms with Crippen LogP contribution in [0.25, 0.3) is 22.3 Å². The summed E-state index contributed by atoms with van der Waals surface area (Å²) in [7, 11) is 0. The van der Waals surface area contributed by atoms with E-state index in [1.165, 1.54) is 34.4 Å². The lowest BCUT2D eigenvalue weighted by Gasteiger charge is -2.29. The molecule has 4 aromatic rings. The first kappa shape index (κ1) is 30.2. The average molecular weight is 691 g/mol. The Labute approximate surface area is 256 Å². The van der Waals surface area contributed by atoms with Crippen molar-refractivity contribution in [2.24, 2.45) is 0 Å². The van der Waals surface area contributed by atoms with Crippen LogP contribution >= 0.6 is 25.8 Å². The Morgan fingerprint density at radius 1 is 0.818 bits per heavy atom. The summed E-state index contributed by atoms with van der Waals surface area (Å²) in [6, 6.07) is 0. The summed E-state index contributed by atoms with van der Waals surface area (Å²) >= 11 is 9.33. The van der Waals surface area contributed by atoms with Gasteiger partial charge in [0.1, 0.15) is 60.3 Å². The van der Waals surface area contributed by atoms with Crippen LogP contribution in [0.3, 0.4) is 0 Å². The zero-order chi connectivity index (χ0) is 31.0. The van der Waals surface area contributed by atoms with Gasteiger partial charge in [-0.3, -0.25) is 22.7 Å². The van der Waals surface area contributed by atoms with Gasteiger partial charge in [-0.1, -0.05) is 12.2 Å². The van der Waals surface area contributed by atoms with Crippen LogP contribution in [-0.2, 0) is 43.9 Å². The highest BCUT2D eigenvalue weighted by atomic mass is 32.7. The number of nitrogen functional groups attached to an aromatic ring is 2. The van der Waals surface area contributed by atoms with Crippen molar-refractivity contribution in [3.8, 4) is 0 Å². The molecular weight excluding hydrogens is 666 g/mol. The second kappa shape index (κ2) is 11.1. The van der Waals surface area contributed by atoms with Crippen LogP contribution in [0.4, 0.5) is 11.6 Å². The molecule has 3 saturated heterocycles. The SMILES string of the molecule is Nc1ncnc2c1ncn2C1OC2COP(O)(=S)OC3C(COP(=O)(S)OC2C1O)OC(n1cnc2c(N)ncnc21)C3O. The predicted octanol–water partition coefficient (Wildman–Crippen LogP) is -0.581. The van der Waals surface area contributed by atoms with Crippen LogP contribution in [0, 0.1) is 0 Å².